The second kappa shape index (κ2) is 10.7. The van der Waals surface area contributed by atoms with Crippen LogP contribution in [0.5, 0.6) is 0 Å². The lowest BCUT2D eigenvalue weighted by molar-refractivity contribution is 0.827. The molecule has 0 amide bonds. The summed E-state index contributed by atoms with van der Waals surface area (Å²) in [5, 5.41) is 2.51. The van der Waals surface area contributed by atoms with E-state index in [1.807, 2.05) is 0 Å². The van der Waals surface area contributed by atoms with Gasteiger partial charge >= 0.3 is 0 Å². The molecule has 1 heterocycles. The Morgan fingerprint density at radius 1 is 0.439 bits per heavy atom. The van der Waals surface area contributed by atoms with Gasteiger partial charge in [0, 0.05) is 45.6 Å². The van der Waals surface area contributed by atoms with Crippen molar-refractivity contribution in [3.05, 3.63) is 158 Å². The molecule has 0 unspecified atom stereocenters. The Balaban J connectivity index is 1.61. The first kappa shape index (κ1) is 24.7. The number of aryl methyl sites for hydroxylation is 1. The van der Waals surface area contributed by atoms with Crippen molar-refractivity contribution in [3.63, 3.8) is 0 Å². The van der Waals surface area contributed by atoms with E-state index < -0.39 is 0 Å². The van der Waals surface area contributed by atoms with Crippen LogP contribution in [-0.4, -0.2) is 4.57 Å². The van der Waals surface area contributed by atoms with Crippen LogP contribution >= 0.6 is 0 Å². The molecule has 0 aliphatic carbocycles. The summed E-state index contributed by atoms with van der Waals surface area (Å²) in [6, 6.07) is 56.2. The lowest BCUT2D eigenvalue weighted by Crippen LogP contribution is -2.14. The molecule has 7 aromatic rings. The molecule has 6 aromatic carbocycles. The van der Waals surface area contributed by atoms with Gasteiger partial charge in [0.15, 0.2) is 0 Å². The zero-order valence-electron chi connectivity index (χ0n) is 23.1. The lowest BCUT2D eigenvalue weighted by Gasteiger charge is -2.30. The number of aromatic nitrogens is 1. The molecule has 0 radical (unpaired) electrons. The van der Waals surface area contributed by atoms with Gasteiger partial charge in [-0.3, -0.25) is 0 Å². The van der Waals surface area contributed by atoms with Crippen molar-refractivity contribution in [1.29, 1.82) is 0 Å². The van der Waals surface area contributed by atoms with Crippen molar-refractivity contribution in [3.8, 4) is 0 Å². The van der Waals surface area contributed by atoms with Crippen LogP contribution < -0.4 is 9.80 Å². The highest BCUT2D eigenvalue weighted by Gasteiger charge is 2.23. The van der Waals surface area contributed by atoms with E-state index in [0.29, 0.717) is 0 Å². The third-order valence-corrected chi connectivity index (χ3v) is 7.71. The third-order valence-electron chi connectivity index (χ3n) is 7.71. The van der Waals surface area contributed by atoms with Crippen LogP contribution in [0.15, 0.2) is 158 Å². The van der Waals surface area contributed by atoms with E-state index in [9.17, 15) is 0 Å². The molecule has 198 valence electrons. The molecule has 0 bridgehead atoms. The summed E-state index contributed by atoms with van der Waals surface area (Å²) < 4.78 is 2.44. The van der Waals surface area contributed by atoms with Crippen LogP contribution in [-0.2, 0) is 6.54 Å². The average Bonchev–Trinajstić information content (AvgIpc) is 3.37. The van der Waals surface area contributed by atoms with Gasteiger partial charge in [0.25, 0.3) is 0 Å². The summed E-state index contributed by atoms with van der Waals surface area (Å²) in [7, 11) is 0. The highest BCUT2D eigenvalue weighted by Crippen LogP contribution is 2.47. The minimum Gasteiger partial charge on any atom is -0.341 e. The first-order chi connectivity index (χ1) is 20.3. The van der Waals surface area contributed by atoms with E-state index in [0.717, 1.165) is 40.7 Å². The van der Waals surface area contributed by atoms with Crippen molar-refractivity contribution >= 4 is 55.9 Å². The SMILES string of the molecule is CCn1c2ccccc2c2c(N(c3ccccc3)c3ccccc3)cc(N(c3ccccc3)c3ccccc3)cc21. The Kier molecular flexibility index (Phi) is 6.46. The number of fused-ring (bicyclic) bond motifs is 3. The molecule has 0 fully saturated rings. The van der Waals surface area contributed by atoms with Gasteiger partial charge in [-0.2, -0.15) is 0 Å². The molecule has 1 aromatic heterocycles. The summed E-state index contributed by atoms with van der Waals surface area (Å²) in [5.41, 5.74) is 9.20. The number of anilines is 6. The van der Waals surface area contributed by atoms with E-state index in [4.69, 9.17) is 0 Å². The second-order valence-electron chi connectivity index (χ2n) is 10.1. The van der Waals surface area contributed by atoms with Crippen LogP contribution in [0.4, 0.5) is 34.1 Å². The molecule has 7 rings (SSSR count). The number of rotatable bonds is 7. The van der Waals surface area contributed by atoms with Gasteiger partial charge < -0.3 is 14.4 Å². The van der Waals surface area contributed by atoms with Crippen LogP contribution in [0.2, 0.25) is 0 Å². The van der Waals surface area contributed by atoms with Gasteiger partial charge in [-0.15, -0.1) is 0 Å². The Morgan fingerprint density at radius 2 is 0.878 bits per heavy atom. The third kappa shape index (κ3) is 4.42. The number of benzene rings is 6. The Hall–Kier alpha value is -5.28. The molecule has 3 heteroatoms. The minimum atomic E-state index is 0.875. The standard InChI is InChI=1S/C38H31N3/c1-2-39-35-26-16-15-25-34(35)38-36(39)27-33(40(29-17-7-3-8-18-29)30-19-9-4-10-20-30)28-37(38)41(31-21-11-5-12-22-31)32-23-13-6-14-24-32/h3-28H,2H2,1H3. The van der Waals surface area contributed by atoms with E-state index in [-0.39, 0.29) is 0 Å². The Bertz CT molecular complexity index is 1830. The predicted octanol–water partition coefficient (Wildman–Crippen LogP) is 10.8. The van der Waals surface area contributed by atoms with Gasteiger partial charge in [0.05, 0.1) is 16.9 Å². The van der Waals surface area contributed by atoms with E-state index in [1.165, 1.54) is 21.8 Å². The number of para-hydroxylation sites is 5. The normalized spacial score (nSPS) is 11.1. The fraction of sp³-hybridized carbons (Fsp3) is 0.0526. The molecule has 0 N–H and O–H groups in total. The average molecular weight is 530 g/mol. The summed E-state index contributed by atoms with van der Waals surface area (Å²) in [4.78, 5) is 4.75. The van der Waals surface area contributed by atoms with Crippen LogP contribution in [0.1, 0.15) is 6.92 Å². The quantitative estimate of drug-likeness (QED) is 0.203. The molecular formula is C38H31N3. The topological polar surface area (TPSA) is 11.4 Å². The molecule has 3 nitrogen and oxygen atoms in total. The molecule has 41 heavy (non-hydrogen) atoms. The first-order valence-corrected chi connectivity index (χ1v) is 14.2. The summed E-state index contributed by atoms with van der Waals surface area (Å²) in [6.45, 7) is 3.11. The summed E-state index contributed by atoms with van der Waals surface area (Å²) in [6.07, 6.45) is 0. The molecular weight excluding hydrogens is 498 g/mol. The van der Waals surface area contributed by atoms with Crippen LogP contribution in [0, 0.1) is 0 Å². The maximum Gasteiger partial charge on any atom is 0.0582 e. The van der Waals surface area contributed by atoms with Crippen molar-refractivity contribution in [2.45, 2.75) is 13.5 Å². The van der Waals surface area contributed by atoms with Gasteiger partial charge in [0.2, 0.25) is 0 Å². The lowest BCUT2D eigenvalue weighted by atomic mass is 10.1. The fourth-order valence-electron chi connectivity index (χ4n) is 5.97. The molecule has 0 saturated carbocycles. The number of hydrogen-bond donors (Lipinski definition) is 0. The maximum absolute atomic E-state index is 2.44. The zero-order chi connectivity index (χ0) is 27.6. The van der Waals surface area contributed by atoms with Gasteiger partial charge in [-0.05, 0) is 73.7 Å². The molecule has 0 atom stereocenters. The Labute approximate surface area is 241 Å². The smallest absolute Gasteiger partial charge is 0.0582 e. The van der Waals surface area contributed by atoms with Crippen molar-refractivity contribution in [2.24, 2.45) is 0 Å². The molecule has 0 aliphatic rings. The molecule has 0 aliphatic heterocycles. The van der Waals surface area contributed by atoms with E-state index >= 15 is 0 Å². The van der Waals surface area contributed by atoms with Crippen molar-refractivity contribution < 1.29 is 0 Å². The fourth-order valence-corrected chi connectivity index (χ4v) is 5.97. The van der Waals surface area contributed by atoms with Gasteiger partial charge in [0.1, 0.15) is 0 Å². The molecule has 0 saturated heterocycles. The van der Waals surface area contributed by atoms with Crippen molar-refractivity contribution in [2.75, 3.05) is 9.80 Å². The zero-order valence-corrected chi connectivity index (χ0v) is 23.1. The van der Waals surface area contributed by atoms with Crippen LogP contribution in [0.3, 0.4) is 0 Å². The highest BCUT2D eigenvalue weighted by molar-refractivity contribution is 6.17. The monoisotopic (exact) mass is 529 g/mol. The second-order valence-corrected chi connectivity index (χ2v) is 10.1. The highest BCUT2D eigenvalue weighted by atomic mass is 15.2. The van der Waals surface area contributed by atoms with E-state index in [2.05, 4.69) is 179 Å². The maximum atomic E-state index is 2.44. The Morgan fingerprint density at radius 3 is 1.37 bits per heavy atom. The summed E-state index contributed by atoms with van der Waals surface area (Å²) >= 11 is 0. The predicted molar refractivity (Wildman–Crippen MR) is 174 cm³/mol. The number of hydrogen-bond acceptors (Lipinski definition) is 2. The summed E-state index contributed by atoms with van der Waals surface area (Å²) in [5.74, 6) is 0. The van der Waals surface area contributed by atoms with E-state index in [1.54, 1.807) is 0 Å². The van der Waals surface area contributed by atoms with Crippen molar-refractivity contribution in [1.82, 2.24) is 4.57 Å². The van der Waals surface area contributed by atoms with Crippen LogP contribution in [0.25, 0.3) is 21.8 Å². The largest absolute Gasteiger partial charge is 0.341 e. The minimum absolute atomic E-state index is 0.875. The molecule has 0 spiro atoms. The number of nitrogens with zero attached hydrogens (tertiary/aromatic N) is 3. The van der Waals surface area contributed by atoms with Gasteiger partial charge in [-0.25, -0.2) is 0 Å². The first-order valence-electron chi connectivity index (χ1n) is 14.2. The van der Waals surface area contributed by atoms with Gasteiger partial charge in [-0.1, -0.05) is 91.0 Å².